The minimum absolute atomic E-state index is 0.00446. The van der Waals surface area contributed by atoms with E-state index in [-0.39, 0.29) is 30.9 Å². The van der Waals surface area contributed by atoms with E-state index in [4.69, 9.17) is 5.73 Å². The number of nitrogens with two attached hydrogens (primary N) is 1. The summed E-state index contributed by atoms with van der Waals surface area (Å²) in [6.07, 6.45) is 6.43. The summed E-state index contributed by atoms with van der Waals surface area (Å²) in [7, 11) is 0. The van der Waals surface area contributed by atoms with Gasteiger partial charge in [0.1, 0.15) is 23.9 Å². The molecule has 14 nitrogen and oxygen atoms in total. The van der Waals surface area contributed by atoms with Gasteiger partial charge in [-0.3, -0.25) is 14.4 Å². The number of phenolic OH excluding ortho intramolecular Hbond substituents is 1. The summed E-state index contributed by atoms with van der Waals surface area (Å²) in [6, 6.07) is 1.83. The Morgan fingerprint density at radius 3 is 1.93 bits per heavy atom. The highest BCUT2D eigenvalue weighted by atomic mass is 16.4. The van der Waals surface area contributed by atoms with Crippen molar-refractivity contribution >= 4 is 23.7 Å². The van der Waals surface area contributed by atoms with Crippen LogP contribution >= 0.6 is 0 Å². The van der Waals surface area contributed by atoms with Gasteiger partial charge in [0.2, 0.25) is 17.7 Å². The summed E-state index contributed by atoms with van der Waals surface area (Å²) >= 11 is 0. The number of phenols is 1. The predicted molar refractivity (Wildman–Crippen MR) is 147 cm³/mol. The van der Waals surface area contributed by atoms with Crippen molar-refractivity contribution in [3.05, 3.63) is 66.3 Å². The molecule has 3 rings (SSSR count). The van der Waals surface area contributed by atoms with Gasteiger partial charge in [-0.15, -0.1) is 0 Å². The minimum atomic E-state index is -1.29. The predicted octanol–water partition coefficient (Wildman–Crippen LogP) is -0.221. The Morgan fingerprint density at radius 2 is 1.41 bits per heavy atom. The second-order valence-corrected chi connectivity index (χ2v) is 9.87. The summed E-state index contributed by atoms with van der Waals surface area (Å²) in [5.41, 5.74) is 7.89. The lowest BCUT2D eigenvalue weighted by Gasteiger charge is -2.28. The number of H-pyrrole nitrogens is 2. The van der Waals surface area contributed by atoms with Gasteiger partial charge in [-0.2, -0.15) is 0 Å². The van der Waals surface area contributed by atoms with Crippen LogP contribution in [-0.2, 0) is 38.4 Å². The van der Waals surface area contributed by atoms with Crippen molar-refractivity contribution in [1.82, 2.24) is 35.9 Å². The van der Waals surface area contributed by atoms with Gasteiger partial charge in [-0.1, -0.05) is 32.4 Å². The van der Waals surface area contributed by atoms with Crippen molar-refractivity contribution in [2.75, 3.05) is 0 Å². The molecule has 5 unspecified atom stereocenters. The average molecular weight is 569 g/mol. The number of nitrogens with zero attached hydrogens (tertiary/aromatic N) is 2. The number of benzene rings is 1. The van der Waals surface area contributed by atoms with E-state index in [1.165, 1.54) is 37.2 Å². The molecule has 220 valence electrons. The zero-order chi connectivity index (χ0) is 29.9. The van der Waals surface area contributed by atoms with E-state index in [0.717, 1.165) is 5.56 Å². The van der Waals surface area contributed by atoms with E-state index in [2.05, 4.69) is 35.9 Å². The molecule has 1 aromatic carbocycles. The van der Waals surface area contributed by atoms with E-state index in [1.807, 2.05) is 6.92 Å². The van der Waals surface area contributed by atoms with Crippen molar-refractivity contribution in [3.63, 3.8) is 0 Å². The molecular weight excluding hydrogens is 532 g/mol. The van der Waals surface area contributed by atoms with Crippen LogP contribution in [0, 0.1) is 5.92 Å². The van der Waals surface area contributed by atoms with Crippen molar-refractivity contribution in [2.45, 2.75) is 63.7 Å². The first-order chi connectivity index (χ1) is 19.6. The standard InChI is InChI=1S/C27H36N8O6/c1-3-15(2)23(35-24(37)20(28)8-16-4-6-19(36)7-5-16)26(39)33-21(9-17-11-29-13-31-17)25(38)34-22(27(40)41)10-18-12-30-14-32-18/h4-7,11-15,20-23,36H,3,8-10,28H2,1-2H3,(H,29,31)(H,30,32)(H,33,39)(H,34,38)(H,35,37)(H,40,41). The summed E-state index contributed by atoms with van der Waals surface area (Å²) in [5.74, 6) is -3.39. The number of carbonyl (C=O) groups is 4. The van der Waals surface area contributed by atoms with Gasteiger partial charge in [0, 0.05) is 36.6 Å². The molecule has 2 aromatic heterocycles. The largest absolute Gasteiger partial charge is 0.508 e. The van der Waals surface area contributed by atoms with Gasteiger partial charge in [0.25, 0.3) is 0 Å². The number of carboxylic acids is 1. The smallest absolute Gasteiger partial charge is 0.326 e. The van der Waals surface area contributed by atoms with Gasteiger partial charge in [-0.05, 0) is 30.0 Å². The number of carboxylic acid groups (broad SMARTS) is 1. The third kappa shape index (κ3) is 9.17. The third-order valence-electron chi connectivity index (χ3n) is 6.73. The molecular formula is C27H36N8O6. The quantitative estimate of drug-likeness (QED) is 0.121. The summed E-state index contributed by atoms with van der Waals surface area (Å²) in [5, 5.41) is 27.0. The van der Waals surface area contributed by atoms with Crippen LogP contribution in [0.3, 0.4) is 0 Å². The number of nitrogens with one attached hydrogen (secondary N) is 5. The molecule has 0 fully saturated rings. The number of imidazole rings is 2. The molecule has 0 spiro atoms. The van der Waals surface area contributed by atoms with Crippen LogP contribution in [0.4, 0.5) is 0 Å². The molecule has 0 bridgehead atoms. The fourth-order valence-corrected chi connectivity index (χ4v) is 4.12. The van der Waals surface area contributed by atoms with E-state index < -0.39 is 47.9 Å². The van der Waals surface area contributed by atoms with Crippen molar-refractivity contribution in [3.8, 4) is 5.75 Å². The lowest BCUT2D eigenvalue weighted by Crippen LogP contribution is -2.59. The second kappa shape index (κ2) is 14.6. The Kier molecular flexibility index (Phi) is 11.0. The molecule has 2 heterocycles. The average Bonchev–Trinajstić information content (AvgIpc) is 3.66. The SMILES string of the molecule is CCC(C)C(NC(=O)C(N)Cc1ccc(O)cc1)C(=O)NC(Cc1cnc[nH]1)C(=O)NC(Cc1cnc[nH]1)C(=O)O. The Hall–Kier alpha value is -4.72. The van der Waals surface area contributed by atoms with Gasteiger partial charge in [0.05, 0.1) is 18.7 Å². The lowest BCUT2D eigenvalue weighted by atomic mass is 9.96. The van der Waals surface area contributed by atoms with E-state index in [0.29, 0.717) is 17.8 Å². The van der Waals surface area contributed by atoms with Gasteiger partial charge in [-0.25, -0.2) is 14.8 Å². The normalized spacial score (nSPS) is 14.7. The lowest BCUT2D eigenvalue weighted by molar-refractivity contribution is -0.142. The number of aromatic nitrogens is 4. The molecule has 3 aromatic rings. The van der Waals surface area contributed by atoms with Crippen LogP contribution in [0.25, 0.3) is 0 Å². The molecule has 0 aliphatic carbocycles. The molecule has 0 saturated carbocycles. The Bertz CT molecular complexity index is 1280. The molecule has 0 aliphatic heterocycles. The van der Waals surface area contributed by atoms with E-state index in [1.54, 1.807) is 19.1 Å². The van der Waals surface area contributed by atoms with Gasteiger partial charge < -0.3 is 41.9 Å². The number of rotatable bonds is 15. The first-order valence-corrected chi connectivity index (χ1v) is 13.2. The summed E-state index contributed by atoms with van der Waals surface area (Å²) in [4.78, 5) is 65.1. The van der Waals surface area contributed by atoms with Crippen molar-refractivity contribution in [2.24, 2.45) is 11.7 Å². The zero-order valence-corrected chi connectivity index (χ0v) is 22.8. The van der Waals surface area contributed by atoms with Crippen LogP contribution < -0.4 is 21.7 Å². The van der Waals surface area contributed by atoms with Gasteiger partial charge in [0.15, 0.2) is 0 Å². The fraction of sp³-hybridized carbons (Fsp3) is 0.407. The molecule has 0 saturated heterocycles. The molecule has 0 radical (unpaired) electrons. The summed E-state index contributed by atoms with van der Waals surface area (Å²) < 4.78 is 0. The third-order valence-corrected chi connectivity index (χ3v) is 6.73. The number of aromatic hydroxyl groups is 1. The molecule has 5 atom stereocenters. The number of amides is 3. The molecule has 14 heteroatoms. The van der Waals surface area contributed by atoms with Crippen LogP contribution in [0.2, 0.25) is 0 Å². The van der Waals surface area contributed by atoms with Crippen LogP contribution in [0.5, 0.6) is 5.75 Å². The van der Waals surface area contributed by atoms with Gasteiger partial charge >= 0.3 is 5.97 Å². The van der Waals surface area contributed by atoms with Crippen molar-refractivity contribution < 1.29 is 29.4 Å². The number of hydrogen-bond acceptors (Lipinski definition) is 8. The number of hydrogen-bond donors (Lipinski definition) is 8. The highest BCUT2D eigenvalue weighted by Gasteiger charge is 2.33. The van der Waals surface area contributed by atoms with Crippen LogP contribution in [0.1, 0.15) is 37.2 Å². The zero-order valence-electron chi connectivity index (χ0n) is 22.8. The maximum atomic E-state index is 13.5. The molecule has 0 aliphatic rings. The first kappa shape index (κ1) is 30.8. The van der Waals surface area contributed by atoms with E-state index in [9.17, 15) is 29.4 Å². The fourth-order valence-electron chi connectivity index (χ4n) is 4.12. The van der Waals surface area contributed by atoms with Crippen molar-refractivity contribution in [1.29, 1.82) is 0 Å². The highest BCUT2D eigenvalue weighted by Crippen LogP contribution is 2.13. The first-order valence-electron chi connectivity index (χ1n) is 13.2. The minimum Gasteiger partial charge on any atom is -0.508 e. The van der Waals surface area contributed by atoms with Crippen LogP contribution in [0.15, 0.2) is 49.3 Å². The monoisotopic (exact) mass is 568 g/mol. The molecule has 3 amide bonds. The molecule has 41 heavy (non-hydrogen) atoms. The Balaban J connectivity index is 1.73. The van der Waals surface area contributed by atoms with E-state index >= 15 is 0 Å². The topological polar surface area (TPSA) is 228 Å². The highest BCUT2D eigenvalue weighted by molar-refractivity contribution is 5.94. The second-order valence-electron chi connectivity index (χ2n) is 9.87. The number of aliphatic carboxylic acids is 1. The van der Waals surface area contributed by atoms with Crippen LogP contribution in [-0.4, -0.2) is 78.0 Å². The summed E-state index contributed by atoms with van der Waals surface area (Å²) in [6.45, 7) is 3.64. The number of aromatic amines is 2. The Morgan fingerprint density at radius 1 is 0.854 bits per heavy atom. The molecule has 9 N–H and O–H groups in total. The number of carbonyl (C=O) groups excluding carboxylic acids is 3. The maximum absolute atomic E-state index is 13.5. The maximum Gasteiger partial charge on any atom is 0.326 e. The Labute approximate surface area is 236 Å².